The first-order valence-electron chi connectivity index (χ1n) is 7.74. The smallest absolute Gasteiger partial charge is 0.261 e. The van der Waals surface area contributed by atoms with Gasteiger partial charge in [0.1, 0.15) is 18.1 Å². The molecule has 1 aliphatic rings. The molecule has 0 saturated carbocycles. The van der Waals surface area contributed by atoms with Crippen LogP contribution < -0.4 is 10.1 Å². The monoisotopic (exact) mass is 346 g/mol. The second-order valence-electron chi connectivity index (χ2n) is 5.49. The summed E-state index contributed by atoms with van der Waals surface area (Å²) in [7, 11) is 0. The molecule has 1 saturated heterocycles. The number of ketones is 1. The molecule has 1 N–H and O–H groups in total. The van der Waals surface area contributed by atoms with Crippen LogP contribution in [-0.4, -0.2) is 36.0 Å². The Hall–Kier alpha value is -2.25. The van der Waals surface area contributed by atoms with E-state index in [-0.39, 0.29) is 17.8 Å². The van der Waals surface area contributed by atoms with E-state index in [1.165, 1.54) is 18.3 Å². The molecule has 1 aromatic carbocycles. The van der Waals surface area contributed by atoms with Gasteiger partial charge in [0, 0.05) is 18.9 Å². The Labute approximate surface area is 143 Å². The number of benzene rings is 1. The van der Waals surface area contributed by atoms with Crippen molar-refractivity contribution in [1.82, 2.24) is 4.98 Å². The zero-order valence-electron chi connectivity index (χ0n) is 13.3. The summed E-state index contributed by atoms with van der Waals surface area (Å²) in [6.07, 6.45) is 2.10. The summed E-state index contributed by atoms with van der Waals surface area (Å²) in [5.74, 6) is 0.0586. The van der Waals surface area contributed by atoms with Crippen molar-refractivity contribution >= 4 is 28.2 Å². The molecule has 3 rings (SSSR count). The number of amides is 1. The minimum Gasteiger partial charge on any atom is -0.490 e. The third-order valence-corrected chi connectivity index (χ3v) is 4.42. The van der Waals surface area contributed by atoms with E-state index >= 15 is 0 Å². The quantitative estimate of drug-likeness (QED) is 0.813. The van der Waals surface area contributed by atoms with Gasteiger partial charge in [-0.05, 0) is 25.0 Å². The summed E-state index contributed by atoms with van der Waals surface area (Å²) < 4.78 is 11.3. The number of ether oxygens (including phenoxy) is 2. The Kier molecular flexibility index (Phi) is 5.22. The summed E-state index contributed by atoms with van der Waals surface area (Å²) in [5.41, 5.74) is 0.772. The van der Waals surface area contributed by atoms with Gasteiger partial charge < -0.3 is 9.47 Å². The fraction of sp³-hybridized carbons (Fsp3) is 0.353. The van der Waals surface area contributed by atoms with Crippen molar-refractivity contribution in [3.05, 3.63) is 40.9 Å². The number of nitrogens with zero attached hydrogens (tertiary/aromatic N) is 1. The highest BCUT2D eigenvalue weighted by molar-refractivity contribution is 7.14. The molecule has 1 aromatic heterocycles. The van der Waals surface area contributed by atoms with Crippen LogP contribution in [-0.2, 0) is 4.74 Å². The van der Waals surface area contributed by atoms with Crippen LogP contribution in [0, 0.1) is 0 Å². The van der Waals surface area contributed by atoms with Gasteiger partial charge in [-0.15, -0.1) is 11.3 Å². The molecule has 0 bridgehead atoms. The number of carbonyl (C=O) groups excluding carboxylic acids is 2. The molecule has 126 valence electrons. The van der Waals surface area contributed by atoms with E-state index in [9.17, 15) is 9.59 Å². The van der Waals surface area contributed by atoms with Gasteiger partial charge in [-0.25, -0.2) is 4.98 Å². The first kappa shape index (κ1) is 16.6. The highest BCUT2D eigenvalue weighted by Gasteiger charge is 2.19. The number of hydrogen-bond acceptors (Lipinski definition) is 6. The van der Waals surface area contributed by atoms with Gasteiger partial charge in [-0.2, -0.15) is 0 Å². The van der Waals surface area contributed by atoms with Gasteiger partial charge in [-0.1, -0.05) is 12.1 Å². The van der Waals surface area contributed by atoms with Crippen LogP contribution in [0.2, 0.25) is 0 Å². The Morgan fingerprint density at radius 2 is 2.25 bits per heavy atom. The summed E-state index contributed by atoms with van der Waals surface area (Å²) in [5, 5.41) is 4.72. The van der Waals surface area contributed by atoms with Crippen molar-refractivity contribution in [2.45, 2.75) is 25.9 Å². The van der Waals surface area contributed by atoms with E-state index in [1.54, 1.807) is 23.6 Å². The second kappa shape index (κ2) is 7.55. The molecule has 1 aliphatic heterocycles. The average molecular weight is 346 g/mol. The van der Waals surface area contributed by atoms with Gasteiger partial charge in [0.25, 0.3) is 5.91 Å². The third kappa shape index (κ3) is 3.98. The van der Waals surface area contributed by atoms with Gasteiger partial charge in [0.2, 0.25) is 0 Å². The van der Waals surface area contributed by atoms with Crippen molar-refractivity contribution in [3.63, 3.8) is 0 Å². The third-order valence-electron chi connectivity index (χ3n) is 3.67. The number of nitrogens with one attached hydrogen (secondary N) is 1. The molecule has 24 heavy (non-hydrogen) atoms. The van der Waals surface area contributed by atoms with Gasteiger partial charge in [-0.3, -0.25) is 14.9 Å². The normalized spacial score (nSPS) is 16.8. The topological polar surface area (TPSA) is 77.5 Å². The maximum atomic E-state index is 12.5. The predicted octanol–water partition coefficient (Wildman–Crippen LogP) is 3.16. The van der Waals surface area contributed by atoms with Crippen LogP contribution in [0.15, 0.2) is 29.6 Å². The molecule has 2 heterocycles. The van der Waals surface area contributed by atoms with Crippen molar-refractivity contribution in [1.29, 1.82) is 0 Å². The van der Waals surface area contributed by atoms with Gasteiger partial charge in [0.05, 0.1) is 11.7 Å². The van der Waals surface area contributed by atoms with Crippen molar-refractivity contribution in [3.8, 4) is 5.75 Å². The van der Waals surface area contributed by atoms with E-state index in [0.717, 1.165) is 19.4 Å². The number of carbonyl (C=O) groups is 2. The number of thiazole rings is 1. The molecule has 1 unspecified atom stereocenters. The molecule has 7 heteroatoms. The molecule has 0 spiro atoms. The summed E-state index contributed by atoms with van der Waals surface area (Å²) >= 11 is 1.22. The number of aromatic nitrogens is 1. The molecule has 0 radical (unpaired) electrons. The number of rotatable bonds is 6. The van der Waals surface area contributed by atoms with Crippen LogP contribution in [0.3, 0.4) is 0 Å². The van der Waals surface area contributed by atoms with Crippen LogP contribution in [0.1, 0.15) is 40.6 Å². The van der Waals surface area contributed by atoms with Gasteiger partial charge >= 0.3 is 0 Å². The first-order valence-corrected chi connectivity index (χ1v) is 8.62. The lowest BCUT2D eigenvalue weighted by atomic mass is 10.2. The molecular formula is C17H18N2O4S. The van der Waals surface area contributed by atoms with Crippen molar-refractivity contribution in [2.75, 3.05) is 18.5 Å². The van der Waals surface area contributed by atoms with E-state index in [2.05, 4.69) is 10.3 Å². The zero-order valence-corrected chi connectivity index (χ0v) is 14.1. The van der Waals surface area contributed by atoms with Crippen molar-refractivity contribution in [2.24, 2.45) is 0 Å². The highest BCUT2D eigenvalue weighted by Crippen LogP contribution is 2.23. The summed E-state index contributed by atoms with van der Waals surface area (Å²) in [6.45, 7) is 2.63. The van der Waals surface area contributed by atoms with Crippen LogP contribution >= 0.6 is 11.3 Å². The maximum absolute atomic E-state index is 12.5. The lowest BCUT2D eigenvalue weighted by Crippen LogP contribution is -2.19. The van der Waals surface area contributed by atoms with Crippen molar-refractivity contribution < 1.29 is 19.1 Å². The highest BCUT2D eigenvalue weighted by atomic mass is 32.1. The zero-order chi connectivity index (χ0) is 16.9. The van der Waals surface area contributed by atoms with Gasteiger partial charge in [0.15, 0.2) is 10.9 Å². The van der Waals surface area contributed by atoms with Crippen LogP contribution in [0.5, 0.6) is 5.75 Å². The van der Waals surface area contributed by atoms with Crippen LogP contribution in [0.4, 0.5) is 5.13 Å². The fourth-order valence-corrected chi connectivity index (χ4v) is 3.14. The standard InChI is InChI=1S/C17H18N2O4S/c1-11(20)14-10-24-17(18-14)19-16(21)13-6-2-3-7-15(13)23-9-12-5-4-8-22-12/h2-3,6-7,10,12H,4-5,8-9H2,1H3,(H,18,19,21). The largest absolute Gasteiger partial charge is 0.490 e. The number of Topliss-reactive ketones (excluding diaryl/α,β-unsaturated/α-hetero) is 1. The molecule has 6 nitrogen and oxygen atoms in total. The first-order chi connectivity index (χ1) is 11.6. The van der Waals surface area contributed by atoms with E-state index in [1.807, 2.05) is 6.07 Å². The number of anilines is 1. The van der Waals surface area contributed by atoms with E-state index in [4.69, 9.17) is 9.47 Å². The second-order valence-corrected chi connectivity index (χ2v) is 6.35. The minimum atomic E-state index is -0.317. The maximum Gasteiger partial charge on any atom is 0.261 e. The number of para-hydroxylation sites is 1. The minimum absolute atomic E-state index is 0.0817. The van der Waals surface area contributed by atoms with Crippen LogP contribution in [0.25, 0.3) is 0 Å². The average Bonchev–Trinajstić information content (AvgIpc) is 3.25. The Balaban J connectivity index is 1.68. The van der Waals surface area contributed by atoms with E-state index < -0.39 is 0 Å². The molecule has 0 aliphatic carbocycles. The summed E-state index contributed by atoms with van der Waals surface area (Å²) in [6, 6.07) is 7.04. The number of hydrogen-bond donors (Lipinski definition) is 1. The SMILES string of the molecule is CC(=O)c1csc(NC(=O)c2ccccc2OCC2CCCO2)n1. The molecular weight excluding hydrogens is 328 g/mol. The predicted molar refractivity (Wildman–Crippen MR) is 91.0 cm³/mol. The molecule has 1 atom stereocenters. The Morgan fingerprint density at radius 1 is 1.42 bits per heavy atom. The summed E-state index contributed by atoms with van der Waals surface area (Å²) in [4.78, 5) is 27.8. The fourth-order valence-electron chi connectivity index (χ4n) is 2.40. The molecule has 1 amide bonds. The molecule has 2 aromatic rings. The lowest BCUT2D eigenvalue weighted by molar-refractivity contribution is 0.0673. The van der Waals surface area contributed by atoms with E-state index in [0.29, 0.717) is 28.7 Å². The Bertz CT molecular complexity index is 738. The Morgan fingerprint density at radius 3 is 2.96 bits per heavy atom. The molecule has 1 fully saturated rings. The lowest BCUT2D eigenvalue weighted by Gasteiger charge is -2.14.